The highest BCUT2D eigenvalue weighted by Crippen LogP contribution is 2.34. The first-order chi connectivity index (χ1) is 6.58. The number of ketones is 1. The first-order valence-electron chi connectivity index (χ1n) is 4.27. The number of ether oxygens (including phenoxy) is 1. The molecule has 0 radical (unpaired) electrons. The van der Waals surface area contributed by atoms with E-state index < -0.39 is 0 Å². The van der Waals surface area contributed by atoms with Gasteiger partial charge in [-0.1, -0.05) is 23.2 Å². The Kier molecular flexibility index (Phi) is 2.41. The fraction of sp³-hybridized carbons (Fsp3) is 0.300. The second kappa shape index (κ2) is 3.44. The molecule has 1 heterocycles. The lowest BCUT2D eigenvalue weighted by Crippen LogP contribution is -2.23. The number of hydrogen-bond donors (Lipinski definition) is 0. The Morgan fingerprint density at radius 2 is 2.00 bits per heavy atom. The number of rotatable bonds is 0. The van der Waals surface area contributed by atoms with Crippen LogP contribution in [0.1, 0.15) is 23.7 Å². The van der Waals surface area contributed by atoms with E-state index in [1.54, 1.807) is 12.1 Å². The van der Waals surface area contributed by atoms with Crippen LogP contribution < -0.4 is 4.74 Å². The molecule has 1 aliphatic heterocycles. The van der Waals surface area contributed by atoms with E-state index in [1.165, 1.54) is 0 Å². The van der Waals surface area contributed by atoms with Crippen molar-refractivity contribution in [2.45, 2.75) is 19.4 Å². The van der Waals surface area contributed by atoms with Crippen molar-refractivity contribution < 1.29 is 9.53 Å². The second-order valence-electron chi connectivity index (χ2n) is 3.32. The van der Waals surface area contributed by atoms with Crippen LogP contribution >= 0.6 is 23.2 Å². The Labute approximate surface area is 91.8 Å². The zero-order valence-corrected chi connectivity index (χ0v) is 9.02. The van der Waals surface area contributed by atoms with Crippen LogP contribution in [-0.2, 0) is 0 Å². The van der Waals surface area contributed by atoms with Gasteiger partial charge < -0.3 is 4.74 Å². The Bertz CT molecular complexity index is 401. The first kappa shape index (κ1) is 9.81. The van der Waals surface area contributed by atoms with Crippen molar-refractivity contribution in [3.05, 3.63) is 27.7 Å². The van der Waals surface area contributed by atoms with Gasteiger partial charge >= 0.3 is 0 Å². The van der Waals surface area contributed by atoms with Crippen LogP contribution in [0.4, 0.5) is 0 Å². The topological polar surface area (TPSA) is 26.3 Å². The van der Waals surface area contributed by atoms with Crippen molar-refractivity contribution in [3.63, 3.8) is 0 Å². The van der Waals surface area contributed by atoms with Crippen molar-refractivity contribution >= 4 is 29.0 Å². The summed E-state index contributed by atoms with van der Waals surface area (Å²) in [5, 5.41) is 0.796. The Hall–Kier alpha value is -0.730. The molecule has 1 aromatic rings. The van der Waals surface area contributed by atoms with E-state index in [0.717, 1.165) is 0 Å². The minimum Gasteiger partial charge on any atom is -0.489 e. The zero-order chi connectivity index (χ0) is 10.3. The van der Waals surface area contributed by atoms with Gasteiger partial charge in [-0.2, -0.15) is 0 Å². The van der Waals surface area contributed by atoms with E-state index in [2.05, 4.69) is 0 Å². The van der Waals surface area contributed by atoms with E-state index >= 15 is 0 Å². The van der Waals surface area contributed by atoms with Crippen LogP contribution in [-0.4, -0.2) is 11.9 Å². The maximum Gasteiger partial charge on any atom is 0.170 e. The molecule has 0 amide bonds. The number of carbonyl (C=O) groups is 1. The van der Waals surface area contributed by atoms with Crippen molar-refractivity contribution in [1.82, 2.24) is 0 Å². The molecule has 1 aliphatic rings. The van der Waals surface area contributed by atoms with Crippen LogP contribution in [0.5, 0.6) is 5.75 Å². The summed E-state index contributed by atoms with van der Waals surface area (Å²) < 4.78 is 5.47. The maximum atomic E-state index is 11.6. The average molecular weight is 231 g/mol. The Morgan fingerprint density at radius 1 is 1.36 bits per heavy atom. The third-order valence-corrected chi connectivity index (χ3v) is 2.85. The van der Waals surface area contributed by atoms with Gasteiger partial charge in [0.2, 0.25) is 0 Å². The number of Topliss-reactive ketones (excluding diaryl/α,β-unsaturated/α-hetero) is 1. The monoisotopic (exact) mass is 230 g/mol. The molecule has 74 valence electrons. The normalized spacial score (nSPS) is 20.2. The quantitative estimate of drug-likeness (QED) is 0.684. The molecular formula is C10H8Cl2O2. The number of carbonyl (C=O) groups excluding carboxylic acids is 1. The highest BCUT2D eigenvalue weighted by molar-refractivity contribution is 6.42. The van der Waals surface area contributed by atoms with Crippen molar-refractivity contribution in [2.24, 2.45) is 0 Å². The van der Waals surface area contributed by atoms with E-state index in [9.17, 15) is 4.79 Å². The molecule has 1 aromatic carbocycles. The summed E-state index contributed by atoms with van der Waals surface area (Å²) in [6.45, 7) is 1.85. The molecule has 4 heteroatoms. The number of fused-ring (bicyclic) bond motifs is 1. The van der Waals surface area contributed by atoms with Crippen molar-refractivity contribution in [2.75, 3.05) is 0 Å². The van der Waals surface area contributed by atoms with Crippen LogP contribution in [0, 0.1) is 0 Å². The van der Waals surface area contributed by atoms with Gasteiger partial charge in [-0.15, -0.1) is 0 Å². The van der Waals surface area contributed by atoms with Gasteiger partial charge in [-0.3, -0.25) is 4.79 Å². The predicted octanol–water partition coefficient (Wildman–Crippen LogP) is 3.35. The fourth-order valence-electron chi connectivity index (χ4n) is 1.47. The lowest BCUT2D eigenvalue weighted by molar-refractivity contribution is 0.0871. The number of benzene rings is 1. The smallest absolute Gasteiger partial charge is 0.170 e. The molecule has 14 heavy (non-hydrogen) atoms. The van der Waals surface area contributed by atoms with Gasteiger partial charge in [0.25, 0.3) is 0 Å². The largest absolute Gasteiger partial charge is 0.489 e. The van der Waals surface area contributed by atoms with Crippen LogP contribution in [0.2, 0.25) is 10.0 Å². The Balaban J connectivity index is 2.55. The second-order valence-corrected chi connectivity index (χ2v) is 4.13. The summed E-state index contributed by atoms with van der Waals surface area (Å²) in [6.07, 6.45) is 0.303. The van der Waals surface area contributed by atoms with Crippen molar-refractivity contribution in [3.8, 4) is 5.75 Å². The summed E-state index contributed by atoms with van der Waals surface area (Å²) in [6, 6.07) is 3.15. The first-order valence-corrected chi connectivity index (χ1v) is 5.02. The fourth-order valence-corrected chi connectivity index (χ4v) is 1.79. The molecule has 0 saturated carbocycles. The lowest BCUT2D eigenvalue weighted by atomic mass is 10.0. The summed E-state index contributed by atoms with van der Waals surface area (Å²) in [5.74, 6) is 0.584. The molecule has 0 bridgehead atoms. The SMILES string of the molecule is CC1CC(=O)c2cc(Cl)c(Cl)cc2O1. The molecule has 0 N–H and O–H groups in total. The maximum absolute atomic E-state index is 11.6. The molecular weight excluding hydrogens is 223 g/mol. The summed E-state index contributed by atoms with van der Waals surface area (Å²) in [7, 11) is 0. The number of halogens is 2. The molecule has 0 spiro atoms. The minimum absolute atomic E-state index is 0.0531. The van der Waals surface area contributed by atoms with E-state index in [-0.39, 0.29) is 11.9 Å². The molecule has 0 saturated heterocycles. The average Bonchev–Trinajstić information content (AvgIpc) is 2.08. The minimum atomic E-state index is -0.0905. The predicted molar refractivity (Wildman–Crippen MR) is 55.5 cm³/mol. The van der Waals surface area contributed by atoms with Gasteiger partial charge in [0, 0.05) is 12.5 Å². The molecule has 0 aromatic heterocycles. The third-order valence-electron chi connectivity index (χ3n) is 2.12. The van der Waals surface area contributed by atoms with Crippen molar-refractivity contribution in [1.29, 1.82) is 0 Å². The summed E-state index contributed by atoms with van der Waals surface area (Å²) >= 11 is 11.6. The molecule has 0 aliphatic carbocycles. The van der Waals surface area contributed by atoms with E-state index in [0.29, 0.717) is 27.8 Å². The van der Waals surface area contributed by atoms with Gasteiger partial charge in [-0.05, 0) is 13.0 Å². The van der Waals surface area contributed by atoms with E-state index in [1.807, 2.05) is 6.92 Å². The zero-order valence-electron chi connectivity index (χ0n) is 7.51. The van der Waals surface area contributed by atoms with Gasteiger partial charge in [-0.25, -0.2) is 0 Å². The number of hydrogen-bond acceptors (Lipinski definition) is 2. The highest BCUT2D eigenvalue weighted by atomic mass is 35.5. The molecule has 2 rings (SSSR count). The highest BCUT2D eigenvalue weighted by Gasteiger charge is 2.24. The lowest BCUT2D eigenvalue weighted by Gasteiger charge is -2.22. The van der Waals surface area contributed by atoms with Crippen LogP contribution in [0.3, 0.4) is 0 Å². The Morgan fingerprint density at radius 3 is 2.71 bits per heavy atom. The molecule has 1 atom stereocenters. The van der Waals surface area contributed by atoms with Gasteiger partial charge in [0.15, 0.2) is 5.78 Å². The van der Waals surface area contributed by atoms with Crippen LogP contribution in [0.25, 0.3) is 0 Å². The van der Waals surface area contributed by atoms with Gasteiger partial charge in [0.05, 0.1) is 15.6 Å². The van der Waals surface area contributed by atoms with Gasteiger partial charge in [0.1, 0.15) is 11.9 Å². The third kappa shape index (κ3) is 1.60. The van der Waals surface area contributed by atoms with E-state index in [4.69, 9.17) is 27.9 Å². The molecule has 2 nitrogen and oxygen atoms in total. The standard InChI is InChI=1S/C10H8Cl2O2/c1-5-2-9(13)6-3-7(11)8(12)4-10(6)14-5/h3-5H,2H2,1H3. The molecule has 1 unspecified atom stereocenters. The summed E-state index contributed by atoms with van der Waals surface area (Å²) in [4.78, 5) is 11.6. The summed E-state index contributed by atoms with van der Waals surface area (Å²) in [5.41, 5.74) is 0.525. The van der Waals surface area contributed by atoms with Crippen LogP contribution in [0.15, 0.2) is 12.1 Å². The molecule has 0 fully saturated rings.